The summed E-state index contributed by atoms with van der Waals surface area (Å²) in [6.45, 7) is 2.46. The molecule has 0 amide bonds. The summed E-state index contributed by atoms with van der Waals surface area (Å²) >= 11 is 0. The summed E-state index contributed by atoms with van der Waals surface area (Å²) in [5.41, 5.74) is 1.03. The lowest BCUT2D eigenvalue weighted by Crippen LogP contribution is -2.32. The summed E-state index contributed by atoms with van der Waals surface area (Å²) in [6.07, 6.45) is 3.81. The molecule has 0 saturated carbocycles. The molecule has 0 fully saturated rings. The maximum absolute atomic E-state index is 12.6. The fourth-order valence-electron chi connectivity index (χ4n) is 1.73. The van der Waals surface area contributed by atoms with E-state index >= 15 is 0 Å². The zero-order chi connectivity index (χ0) is 14.4. The summed E-state index contributed by atoms with van der Waals surface area (Å²) in [5.74, 6) is 11.3. The highest BCUT2D eigenvalue weighted by molar-refractivity contribution is 7.89. The molecule has 1 aliphatic rings. The third kappa shape index (κ3) is 3.51. The number of rotatable bonds is 2. The van der Waals surface area contributed by atoms with Crippen LogP contribution in [0.15, 0.2) is 41.3 Å². The second kappa shape index (κ2) is 6.43. The number of allylic oxidation sites excluding steroid dienone is 2. The maximum Gasteiger partial charge on any atom is 0.243 e. The van der Waals surface area contributed by atoms with Gasteiger partial charge in [-0.15, -0.1) is 0 Å². The third-order valence-electron chi connectivity index (χ3n) is 2.85. The van der Waals surface area contributed by atoms with E-state index in [0.717, 1.165) is 5.56 Å². The molecule has 0 unspecified atom stereocenters. The van der Waals surface area contributed by atoms with Gasteiger partial charge in [-0.05, 0) is 31.2 Å². The summed E-state index contributed by atoms with van der Waals surface area (Å²) < 4.78 is 26.5. The summed E-state index contributed by atoms with van der Waals surface area (Å²) in [7, 11) is -3.51. The van der Waals surface area contributed by atoms with E-state index in [4.69, 9.17) is 0 Å². The van der Waals surface area contributed by atoms with Gasteiger partial charge in [-0.25, -0.2) is 8.42 Å². The Labute approximate surface area is 120 Å². The van der Waals surface area contributed by atoms with Gasteiger partial charge < -0.3 is 0 Å². The standard InChI is InChI=1S/C16H15NO2S/c1-15-9-11-16(12-10-15)20(18,19)17-13-7-5-3-2-4-6-8-14-17/h2-3,9-12H,8,13-14H2,1H3/b3-2-. The van der Waals surface area contributed by atoms with Gasteiger partial charge >= 0.3 is 0 Å². The minimum atomic E-state index is -3.51. The number of aryl methyl sites for hydroxylation is 1. The van der Waals surface area contributed by atoms with Crippen molar-refractivity contribution in [3.63, 3.8) is 0 Å². The summed E-state index contributed by atoms with van der Waals surface area (Å²) in [4.78, 5) is 0.297. The quantitative estimate of drug-likeness (QED) is 0.779. The molecule has 0 saturated heterocycles. The predicted octanol–water partition coefficient (Wildman–Crippen LogP) is 1.95. The lowest BCUT2D eigenvalue weighted by molar-refractivity contribution is 0.454. The highest BCUT2D eigenvalue weighted by Crippen LogP contribution is 2.16. The van der Waals surface area contributed by atoms with Crippen LogP contribution in [0.25, 0.3) is 0 Å². The Morgan fingerprint density at radius 3 is 2.40 bits per heavy atom. The first-order chi connectivity index (χ1) is 9.60. The van der Waals surface area contributed by atoms with E-state index < -0.39 is 10.0 Å². The average molecular weight is 285 g/mol. The molecule has 1 aromatic rings. The lowest BCUT2D eigenvalue weighted by Gasteiger charge is -2.19. The Morgan fingerprint density at radius 2 is 1.70 bits per heavy atom. The van der Waals surface area contributed by atoms with Crippen molar-refractivity contribution in [2.45, 2.75) is 18.2 Å². The highest BCUT2D eigenvalue weighted by atomic mass is 32.2. The smallest absolute Gasteiger partial charge is 0.207 e. The first-order valence-corrected chi connectivity index (χ1v) is 7.73. The molecule has 0 atom stereocenters. The Kier molecular flexibility index (Phi) is 4.63. The van der Waals surface area contributed by atoms with Crippen LogP contribution < -0.4 is 0 Å². The summed E-state index contributed by atoms with van der Waals surface area (Å²) in [6, 6.07) is 6.84. The Morgan fingerprint density at radius 1 is 1.05 bits per heavy atom. The van der Waals surface area contributed by atoms with E-state index in [0.29, 0.717) is 17.9 Å². The van der Waals surface area contributed by atoms with Crippen molar-refractivity contribution in [2.24, 2.45) is 0 Å². The van der Waals surface area contributed by atoms with Crippen LogP contribution in [0.3, 0.4) is 0 Å². The molecule has 1 aromatic carbocycles. The molecule has 1 heterocycles. The van der Waals surface area contributed by atoms with Gasteiger partial charge in [-0.1, -0.05) is 41.4 Å². The van der Waals surface area contributed by atoms with Gasteiger partial charge in [0, 0.05) is 13.0 Å². The molecule has 0 spiro atoms. The van der Waals surface area contributed by atoms with Crippen molar-refractivity contribution in [1.29, 1.82) is 0 Å². The second-order valence-corrected chi connectivity index (χ2v) is 6.32. The van der Waals surface area contributed by atoms with Gasteiger partial charge in [0.1, 0.15) is 0 Å². The molecule has 20 heavy (non-hydrogen) atoms. The van der Waals surface area contributed by atoms with Crippen LogP contribution in [0.5, 0.6) is 0 Å². The largest absolute Gasteiger partial charge is 0.243 e. The van der Waals surface area contributed by atoms with Gasteiger partial charge in [0.2, 0.25) is 10.0 Å². The van der Waals surface area contributed by atoms with E-state index in [1.807, 2.05) is 6.92 Å². The van der Waals surface area contributed by atoms with E-state index in [9.17, 15) is 8.42 Å². The van der Waals surface area contributed by atoms with E-state index in [2.05, 4.69) is 23.7 Å². The lowest BCUT2D eigenvalue weighted by atomic mass is 10.2. The van der Waals surface area contributed by atoms with E-state index in [1.54, 1.807) is 36.4 Å². The number of benzene rings is 1. The summed E-state index contributed by atoms with van der Waals surface area (Å²) in [5, 5.41) is 0. The second-order valence-electron chi connectivity index (χ2n) is 4.38. The molecule has 0 radical (unpaired) electrons. The Balaban J connectivity index is 2.30. The Bertz CT molecular complexity index is 723. The van der Waals surface area contributed by atoms with Crippen molar-refractivity contribution in [3.8, 4) is 23.7 Å². The first kappa shape index (κ1) is 14.4. The van der Waals surface area contributed by atoms with Crippen LogP contribution in [0, 0.1) is 30.6 Å². The maximum atomic E-state index is 12.6. The SMILES string of the molecule is Cc1ccc(S(=O)(=O)N2CC#C/C=C\C#CCC2)cc1. The van der Waals surface area contributed by atoms with Gasteiger partial charge in [0.15, 0.2) is 0 Å². The zero-order valence-corrected chi connectivity index (χ0v) is 12.1. The van der Waals surface area contributed by atoms with Crippen LogP contribution in [-0.2, 0) is 10.0 Å². The zero-order valence-electron chi connectivity index (χ0n) is 11.3. The van der Waals surface area contributed by atoms with Crippen LogP contribution in [0.4, 0.5) is 0 Å². The number of hydrogen-bond donors (Lipinski definition) is 0. The molecule has 2 rings (SSSR count). The molecule has 0 bridgehead atoms. The molecule has 3 nitrogen and oxygen atoms in total. The van der Waals surface area contributed by atoms with Gasteiger partial charge in [0.05, 0.1) is 11.4 Å². The van der Waals surface area contributed by atoms with Crippen LogP contribution in [0.1, 0.15) is 12.0 Å². The fourth-order valence-corrected chi connectivity index (χ4v) is 3.08. The molecule has 4 heteroatoms. The topological polar surface area (TPSA) is 37.4 Å². The van der Waals surface area contributed by atoms with Crippen LogP contribution >= 0.6 is 0 Å². The van der Waals surface area contributed by atoms with Gasteiger partial charge in [-0.3, -0.25) is 0 Å². The van der Waals surface area contributed by atoms with Crippen molar-refractivity contribution < 1.29 is 8.42 Å². The highest BCUT2D eigenvalue weighted by Gasteiger charge is 2.22. The number of sulfonamides is 1. The molecular formula is C16H15NO2S. The normalized spacial score (nSPS) is 17.2. The van der Waals surface area contributed by atoms with E-state index in [1.165, 1.54) is 4.31 Å². The fraction of sp³-hybridized carbons (Fsp3) is 0.250. The van der Waals surface area contributed by atoms with Crippen molar-refractivity contribution in [1.82, 2.24) is 4.31 Å². The molecule has 0 aliphatic carbocycles. The molecule has 0 N–H and O–H groups in total. The van der Waals surface area contributed by atoms with Crippen LogP contribution in [-0.4, -0.2) is 25.8 Å². The molecule has 1 aliphatic heterocycles. The third-order valence-corrected chi connectivity index (χ3v) is 4.71. The van der Waals surface area contributed by atoms with Crippen molar-refractivity contribution in [3.05, 3.63) is 42.0 Å². The number of hydrogen-bond acceptors (Lipinski definition) is 2. The molecule has 0 aromatic heterocycles. The Hall–Kier alpha value is -2.01. The van der Waals surface area contributed by atoms with Crippen LogP contribution in [0.2, 0.25) is 0 Å². The average Bonchev–Trinajstić information content (AvgIpc) is 2.45. The first-order valence-electron chi connectivity index (χ1n) is 6.29. The van der Waals surface area contributed by atoms with Gasteiger partial charge in [-0.2, -0.15) is 4.31 Å². The minimum absolute atomic E-state index is 0.183. The minimum Gasteiger partial charge on any atom is -0.207 e. The predicted molar refractivity (Wildman–Crippen MR) is 79.2 cm³/mol. The number of nitrogens with zero attached hydrogens (tertiary/aromatic N) is 1. The van der Waals surface area contributed by atoms with Crippen molar-refractivity contribution >= 4 is 10.0 Å². The molecule has 102 valence electrons. The molecular weight excluding hydrogens is 270 g/mol. The van der Waals surface area contributed by atoms with Crippen molar-refractivity contribution in [2.75, 3.05) is 13.1 Å². The van der Waals surface area contributed by atoms with E-state index in [-0.39, 0.29) is 6.54 Å². The van der Waals surface area contributed by atoms with Gasteiger partial charge in [0.25, 0.3) is 0 Å². The monoisotopic (exact) mass is 285 g/mol.